The van der Waals surface area contributed by atoms with E-state index in [1.807, 2.05) is 47.4 Å². The molecule has 9 heteroatoms. The number of halogens is 1. The predicted molar refractivity (Wildman–Crippen MR) is 133 cm³/mol. The number of carbonyl (C=O) groups excluding carboxylic acids is 2. The lowest BCUT2D eigenvalue weighted by atomic mass is 10.1. The van der Waals surface area contributed by atoms with Crippen molar-refractivity contribution in [2.45, 2.75) is 25.8 Å². The van der Waals surface area contributed by atoms with Gasteiger partial charge in [-0.25, -0.2) is 0 Å². The summed E-state index contributed by atoms with van der Waals surface area (Å²) < 4.78 is 5.42. The van der Waals surface area contributed by atoms with E-state index in [0.29, 0.717) is 37.0 Å². The molecule has 182 valence electrons. The van der Waals surface area contributed by atoms with Crippen molar-refractivity contribution in [3.63, 3.8) is 0 Å². The van der Waals surface area contributed by atoms with Crippen LogP contribution in [0.3, 0.4) is 0 Å². The molecule has 2 aromatic heterocycles. The molecule has 3 aromatic rings. The van der Waals surface area contributed by atoms with Crippen LogP contribution in [-0.2, 0) is 16.1 Å². The molecule has 2 fully saturated rings. The van der Waals surface area contributed by atoms with Crippen LogP contribution in [0.15, 0.2) is 59.2 Å². The molecular weight excluding hydrogens is 466 g/mol. The zero-order valence-electron chi connectivity index (χ0n) is 19.5. The summed E-state index contributed by atoms with van der Waals surface area (Å²) in [7, 11) is 0. The van der Waals surface area contributed by atoms with Crippen molar-refractivity contribution in [3.05, 3.63) is 65.6 Å². The van der Waals surface area contributed by atoms with E-state index in [1.165, 1.54) is 0 Å². The van der Waals surface area contributed by atoms with E-state index in [2.05, 4.69) is 15.1 Å². The Balaban J connectivity index is 1.20. The maximum Gasteiger partial charge on any atom is 0.242 e. The highest BCUT2D eigenvalue weighted by Gasteiger charge is 2.35. The fraction of sp³-hybridized carbons (Fsp3) is 0.385. The first-order valence-corrected chi connectivity index (χ1v) is 12.4. The highest BCUT2D eigenvalue weighted by atomic mass is 35.5. The molecule has 0 atom stereocenters. The number of anilines is 1. The largest absolute Gasteiger partial charge is 0.467 e. The van der Waals surface area contributed by atoms with E-state index >= 15 is 0 Å². The van der Waals surface area contributed by atoms with Crippen molar-refractivity contribution in [1.29, 1.82) is 0 Å². The molecule has 1 saturated carbocycles. The van der Waals surface area contributed by atoms with Crippen molar-refractivity contribution in [2.75, 3.05) is 37.6 Å². The van der Waals surface area contributed by atoms with Gasteiger partial charge >= 0.3 is 0 Å². The van der Waals surface area contributed by atoms with Gasteiger partial charge < -0.3 is 19.1 Å². The van der Waals surface area contributed by atoms with Gasteiger partial charge in [-0.3, -0.25) is 9.59 Å². The van der Waals surface area contributed by atoms with Crippen LogP contribution in [0.25, 0.3) is 11.3 Å². The minimum atomic E-state index is -0.0347. The second kappa shape index (κ2) is 10.5. The summed E-state index contributed by atoms with van der Waals surface area (Å²) in [5.41, 5.74) is 1.57. The van der Waals surface area contributed by atoms with E-state index in [4.69, 9.17) is 16.0 Å². The zero-order valence-corrected chi connectivity index (χ0v) is 20.2. The van der Waals surface area contributed by atoms with Gasteiger partial charge in [-0.15, -0.1) is 10.2 Å². The molecule has 1 aromatic carbocycles. The van der Waals surface area contributed by atoms with Gasteiger partial charge in [-0.1, -0.05) is 29.8 Å². The highest BCUT2D eigenvalue weighted by Crippen LogP contribution is 2.31. The van der Waals surface area contributed by atoms with Crippen LogP contribution in [0.5, 0.6) is 0 Å². The van der Waals surface area contributed by atoms with Gasteiger partial charge in [0.25, 0.3) is 0 Å². The predicted octanol–water partition coefficient (Wildman–Crippen LogP) is 3.87. The summed E-state index contributed by atoms with van der Waals surface area (Å²) in [6, 6.07) is 15.1. The van der Waals surface area contributed by atoms with Gasteiger partial charge in [0, 0.05) is 37.7 Å². The van der Waals surface area contributed by atoms with Gasteiger partial charge in [-0.2, -0.15) is 0 Å². The second-order valence-electron chi connectivity index (χ2n) is 9.03. The van der Waals surface area contributed by atoms with Crippen molar-refractivity contribution >= 4 is 29.2 Å². The van der Waals surface area contributed by atoms with Gasteiger partial charge in [0.1, 0.15) is 12.3 Å². The summed E-state index contributed by atoms with van der Waals surface area (Å²) >= 11 is 6.28. The number of rotatable bonds is 7. The maximum absolute atomic E-state index is 13.2. The van der Waals surface area contributed by atoms with Crippen LogP contribution < -0.4 is 4.90 Å². The summed E-state index contributed by atoms with van der Waals surface area (Å²) in [4.78, 5) is 31.6. The minimum absolute atomic E-state index is 0.0347. The Morgan fingerprint density at radius 2 is 1.86 bits per heavy atom. The monoisotopic (exact) mass is 493 g/mol. The highest BCUT2D eigenvalue weighted by molar-refractivity contribution is 6.33. The SMILES string of the molecule is O=C(CN(Cc1ccco1)C(=O)C1CC1)N1CCCN(c2ccc(-c3ccccc3Cl)nn2)CC1. The van der Waals surface area contributed by atoms with Crippen molar-refractivity contribution in [3.8, 4) is 11.3 Å². The van der Waals surface area contributed by atoms with E-state index in [1.54, 1.807) is 17.2 Å². The molecule has 3 heterocycles. The van der Waals surface area contributed by atoms with Gasteiger partial charge in [0.05, 0.1) is 23.5 Å². The third kappa shape index (κ3) is 5.65. The smallest absolute Gasteiger partial charge is 0.242 e. The number of hydrogen-bond acceptors (Lipinski definition) is 6. The Hall–Kier alpha value is -3.39. The number of nitrogens with zero attached hydrogens (tertiary/aromatic N) is 5. The number of furan rings is 1. The minimum Gasteiger partial charge on any atom is -0.467 e. The lowest BCUT2D eigenvalue weighted by molar-refractivity contribution is -0.141. The normalized spacial score (nSPS) is 16.1. The molecule has 0 bridgehead atoms. The molecule has 1 aliphatic carbocycles. The van der Waals surface area contributed by atoms with Crippen molar-refractivity contribution < 1.29 is 14.0 Å². The molecule has 8 nitrogen and oxygen atoms in total. The standard InChI is InChI=1S/C26H28ClN5O3/c27-22-7-2-1-6-21(22)23-10-11-24(29-28-23)30-12-4-13-31(15-14-30)25(33)18-32(26(34)19-8-9-19)17-20-5-3-16-35-20/h1-3,5-7,10-11,16,19H,4,8-9,12-15,17-18H2. The van der Waals surface area contributed by atoms with Crippen molar-refractivity contribution in [1.82, 2.24) is 20.0 Å². The molecule has 5 rings (SSSR count). The number of amides is 2. The zero-order chi connectivity index (χ0) is 24.2. The van der Waals surface area contributed by atoms with E-state index in [0.717, 1.165) is 42.9 Å². The average Bonchev–Trinajstić information content (AvgIpc) is 3.65. The van der Waals surface area contributed by atoms with E-state index < -0.39 is 0 Å². The first-order valence-electron chi connectivity index (χ1n) is 12.0. The summed E-state index contributed by atoms with van der Waals surface area (Å²) in [6.45, 7) is 3.04. The molecule has 1 saturated heterocycles. The van der Waals surface area contributed by atoms with E-state index in [9.17, 15) is 9.59 Å². The van der Waals surface area contributed by atoms with Crippen LogP contribution in [0.4, 0.5) is 5.82 Å². The molecule has 1 aliphatic heterocycles. The number of aromatic nitrogens is 2. The third-order valence-corrected chi connectivity index (χ3v) is 6.79. The summed E-state index contributed by atoms with van der Waals surface area (Å²) in [5.74, 6) is 1.52. The molecule has 0 spiro atoms. The average molecular weight is 494 g/mol. The van der Waals surface area contributed by atoms with Gasteiger partial charge in [-0.05, 0) is 49.6 Å². The number of carbonyl (C=O) groups is 2. The van der Waals surface area contributed by atoms with Crippen LogP contribution in [-0.4, -0.2) is 64.5 Å². The summed E-state index contributed by atoms with van der Waals surface area (Å²) in [5, 5.41) is 9.44. The quantitative estimate of drug-likeness (QED) is 0.497. The molecular formula is C26H28ClN5O3. The van der Waals surface area contributed by atoms with E-state index in [-0.39, 0.29) is 24.3 Å². The topological polar surface area (TPSA) is 82.8 Å². The Kier molecular flexibility index (Phi) is 6.99. The first kappa shape index (κ1) is 23.4. The van der Waals surface area contributed by atoms with Crippen LogP contribution in [0.1, 0.15) is 25.0 Å². The summed E-state index contributed by atoms with van der Waals surface area (Å²) in [6.07, 6.45) is 4.20. The van der Waals surface area contributed by atoms with Crippen LogP contribution in [0.2, 0.25) is 5.02 Å². The fourth-order valence-corrected chi connectivity index (χ4v) is 4.59. The van der Waals surface area contributed by atoms with Crippen LogP contribution in [0, 0.1) is 5.92 Å². The van der Waals surface area contributed by atoms with Crippen molar-refractivity contribution in [2.24, 2.45) is 5.92 Å². The molecule has 0 N–H and O–H groups in total. The number of benzene rings is 1. The van der Waals surface area contributed by atoms with Gasteiger partial charge in [0.2, 0.25) is 11.8 Å². The second-order valence-corrected chi connectivity index (χ2v) is 9.43. The molecule has 0 unspecified atom stereocenters. The molecule has 0 radical (unpaired) electrons. The molecule has 2 aliphatic rings. The Labute approximate surface area is 209 Å². The third-order valence-electron chi connectivity index (χ3n) is 6.46. The lowest BCUT2D eigenvalue weighted by Crippen LogP contribution is -2.44. The first-order chi connectivity index (χ1) is 17.1. The Morgan fingerprint density at radius 1 is 1.00 bits per heavy atom. The fourth-order valence-electron chi connectivity index (χ4n) is 4.36. The van der Waals surface area contributed by atoms with Crippen LogP contribution >= 0.6 is 11.6 Å². The number of hydrogen-bond donors (Lipinski definition) is 0. The lowest BCUT2D eigenvalue weighted by Gasteiger charge is -2.26. The van der Waals surface area contributed by atoms with Gasteiger partial charge in [0.15, 0.2) is 5.82 Å². The molecule has 2 amide bonds. The Bertz CT molecular complexity index is 1160. The maximum atomic E-state index is 13.2. The Morgan fingerprint density at radius 3 is 2.57 bits per heavy atom. The molecule has 35 heavy (non-hydrogen) atoms.